The summed E-state index contributed by atoms with van der Waals surface area (Å²) in [5, 5.41) is 0.783. The van der Waals surface area contributed by atoms with Crippen molar-refractivity contribution in [2.75, 3.05) is 18.4 Å². The molecule has 1 aromatic carbocycles. The third-order valence-electron chi connectivity index (χ3n) is 3.89. The van der Waals surface area contributed by atoms with Crippen molar-refractivity contribution in [3.05, 3.63) is 29.8 Å². The van der Waals surface area contributed by atoms with Gasteiger partial charge in [-0.05, 0) is 31.9 Å². The van der Waals surface area contributed by atoms with Crippen LogP contribution in [0.5, 0.6) is 0 Å². The van der Waals surface area contributed by atoms with E-state index in [-0.39, 0.29) is 22.9 Å². The zero-order valence-electron chi connectivity index (χ0n) is 12.3. The normalized spacial score (nSPS) is 27.5. The Morgan fingerprint density at radius 3 is 2.95 bits per heavy atom. The number of hydrogen-bond acceptors (Lipinski definition) is 3. The number of benzene rings is 1. The number of nitrogens with zero attached hydrogens (tertiary/aromatic N) is 1. The van der Waals surface area contributed by atoms with Crippen LogP contribution in [-0.2, 0) is 16.0 Å². The molecule has 0 spiro atoms. The van der Waals surface area contributed by atoms with Gasteiger partial charge in [-0.15, -0.1) is 11.8 Å². The number of fused-ring (bicyclic) bond motifs is 1. The maximum atomic E-state index is 12.9. The van der Waals surface area contributed by atoms with Gasteiger partial charge in [0.05, 0.1) is 17.0 Å². The summed E-state index contributed by atoms with van der Waals surface area (Å²) < 4.78 is 5.98. The highest BCUT2D eigenvalue weighted by atomic mass is 79.9. The molecule has 0 aliphatic carbocycles. The molecule has 1 fully saturated rings. The molecule has 1 amide bonds. The summed E-state index contributed by atoms with van der Waals surface area (Å²) in [5.41, 5.74) is 1.02. The van der Waals surface area contributed by atoms with Gasteiger partial charge in [0, 0.05) is 23.3 Å². The van der Waals surface area contributed by atoms with Gasteiger partial charge in [-0.3, -0.25) is 4.79 Å². The number of carbonyl (C=O) groups excluding carboxylic acids is 1. The van der Waals surface area contributed by atoms with E-state index in [4.69, 9.17) is 4.74 Å². The highest BCUT2D eigenvalue weighted by Crippen LogP contribution is 2.38. The van der Waals surface area contributed by atoms with E-state index < -0.39 is 0 Å². The Morgan fingerprint density at radius 2 is 2.24 bits per heavy atom. The molecule has 3 nitrogen and oxygen atoms in total. The third-order valence-corrected chi connectivity index (χ3v) is 5.91. The number of halogens is 1. The Hall–Kier alpha value is -0.520. The highest BCUT2D eigenvalue weighted by Gasteiger charge is 2.39. The van der Waals surface area contributed by atoms with Crippen LogP contribution in [0.1, 0.15) is 19.4 Å². The Morgan fingerprint density at radius 1 is 1.48 bits per heavy atom. The molecular weight excluding hydrogens is 350 g/mol. The van der Waals surface area contributed by atoms with E-state index in [1.165, 1.54) is 10.5 Å². The molecule has 1 aromatic rings. The van der Waals surface area contributed by atoms with Crippen molar-refractivity contribution in [1.29, 1.82) is 0 Å². The van der Waals surface area contributed by atoms with Gasteiger partial charge >= 0.3 is 0 Å². The molecule has 2 heterocycles. The molecular formula is C16H20BrNO2S. The largest absolute Gasteiger partial charge is 0.368 e. The summed E-state index contributed by atoms with van der Waals surface area (Å²) in [6, 6.07) is 8.32. The fraction of sp³-hybridized carbons (Fsp3) is 0.562. The van der Waals surface area contributed by atoms with Gasteiger partial charge in [-0.2, -0.15) is 0 Å². The van der Waals surface area contributed by atoms with Crippen molar-refractivity contribution in [1.82, 2.24) is 4.90 Å². The molecule has 0 saturated carbocycles. The number of rotatable bonds is 2. The minimum atomic E-state index is -0.275. The Bertz CT molecular complexity index is 524. The van der Waals surface area contributed by atoms with Crippen LogP contribution in [-0.4, -0.2) is 46.2 Å². The molecule has 2 unspecified atom stereocenters. The van der Waals surface area contributed by atoms with E-state index in [9.17, 15) is 4.79 Å². The van der Waals surface area contributed by atoms with E-state index in [1.807, 2.05) is 17.0 Å². The van der Waals surface area contributed by atoms with Crippen molar-refractivity contribution in [3.63, 3.8) is 0 Å². The first-order chi connectivity index (χ1) is 9.98. The van der Waals surface area contributed by atoms with E-state index in [2.05, 4.69) is 41.9 Å². The molecule has 2 aliphatic rings. The Kier molecular flexibility index (Phi) is 4.35. The number of ether oxygens (including phenoxy) is 1. The lowest BCUT2D eigenvalue weighted by atomic mass is 10.0. The van der Waals surface area contributed by atoms with Crippen LogP contribution in [0.25, 0.3) is 0 Å². The zero-order chi connectivity index (χ0) is 15.0. The van der Waals surface area contributed by atoms with Gasteiger partial charge < -0.3 is 9.64 Å². The molecule has 5 heteroatoms. The van der Waals surface area contributed by atoms with Crippen molar-refractivity contribution in [2.45, 2.75) is 42.1 Å². The lowest BCUT2D eigenvalue weighted by molar-refractivity contribution is -0.156. The SMILES string of the molecule is CC1(C)CN(C(=O)C2Cc3ccccc3S2)CC(CBr)O1. The van der Waals surface area contributed by atoms with Crippen LogP contribution >= 0.6 is 27.7 Å². The first-order valence-electron chi connectivity index (χ1n) is 7.25. The predicted molar refractivity (Wildman–Crippen MR) is 89.1 cm³/mol. The standard InChI is InChI=1S/C16H20BrNO2S/c1-16(2)10-18(9-12(8-17)20-16)15(19)14-7-11-5-3-4-6-13(11)21-14/h3-6,12,14H,7-10H2,1-2H3. The monoisotopic (exact) mass is 369 g/mol. The summed E-state index contributed by atoms with van der Waals surface area (Å²) in [6.07, 6.45) is 0.919. The average Bonchev–Trinajstić information content (AvgIpc) is 2.88. The number of carbonyl (C=O) groups is 1. The highest BCUT2D eigenvalue weighted by molar-refractivity contribution is 9.09. The molecule has 114 valence electrons. The fourth-order valence-electron chi connectivity index (χ4n) is 3.07. The van der Waals surface area contributed by atoms with Crippen molar-refractivity contribution < 1.29 is 9.53 Å². The molecule has 2 atom stereocenters. The van der Waals surface area contributed by atoms with Crippen LogP contribution in [0.15, 0.2) is 29.2 Å². The first-order valence-corrected chi connectivity index (χ1v) is 9.26. The number of morpholine rings is 1. The van der Waals surface area contributed by atoms with Crippen LogP contribution in [0.4, 0.5) is 0 Å². The lowest BCUT2D eigenvalue weighted by Crippen LogP contribution is -2.56. The van der Waals surface area contributed by atoms with Crippen LogP contribution in [0, 0.1) is 0 Å². The minimum Gasteiger partial charge on any atom is -0.368 e. The molecule has 2 aliphatic heterocycles. The van der Waals surface area contributed by atoms with Crippen molar-refractivity contribution in [3.8, 4) is 0 Å². The summed E-state index contributed by atoms with van der Waals surface area (Å²) in [4.78, 5) is 16.1. The average molecular weight is 370 g/mol. The van der Waals surface area contributed by atoms with Gasteiger partial charge in [0.25, 0.3) is 0 Å². The number of thioether (sulfide) groups is 1. The Labute approximate surface area is 138 Å². The molecule has 21 heavy (non-hydrogen) atoms. The van der Waals surface area contributed by atoms with Crippen molar-refractivity contribution in [2.24, 2.45) is 0 Å². The summed E-state index contributed by atoms with van der Waals surface area (Å²) in [6.45, 7) is 5.46. The topological polar surface area (TPSA) is 29.5 Å². The van der Waals surface area contributed by atoms with E-state index in [0.29, 0.717) is 13.1 Å². The van der Waals surface area contributed by atoms with Gasteiger partial charge in [0.2, 0.25) is 5.91 Å². The minimum absolute atomic E-state index is 0.0206. The van der Waals surface area contributed by atoms with Crippen LogP contribution in [0.3, 0.4) is 0 Å². The van der Waals surface area contributed by atoms with Gasteiger partial charge in [0.15, 0.2) is 0 Å². The zero-order valence-corrected chi connectivity index (χ0v) is 14.7. The van der Waals surface area contributed by atoms with E-state index in [1.54, 1.807) is 11.8 Å². The molecule has 0 N–H and O–H groups in total. The lowest BCUT2D eigenvalue weighted by Gasteiger charge is -2.43. The molecule has 0 bridgehead atoms. The second kappa shape index (κ2) is 5.94. The molecule has 3 rings (SSSR count). The molecule has 0 radical (unpaired) electrons. The second-order valence-electron chi connectivity index (χ2n) is 6.29. The predicted octanol–water partition coefficient (Wildman–Crippen LogP) is 3.10. The smallest absolute Gasteiger partial charge is 0.236 e. The van der Waals surface area contributed by atoms with Crippen LogP contribution in [0.2, 0.25) is 0 Å². The van der Waals surface area contributed by atoms with E-state index in [0.717, 1.165) is 11.8 Å². The Balaban J connectivity index is 1.71. The maximum absolute atomic E-state index is 12.9. The number of amides is 1. The van der Waals surface area contributed by atoms with Gasteiger partial charge in [-0.1, -0.05) is 34.1 Å². The third kappa shape index (κ3) is 3.30. The summed E-state index contributed by atoms with van der Waals surface area (Å²) in [7, 11) is 0. The number of hydrogen-bond donors (Lipinski definition) is 0. The molecule has 0 aromatic heterocycles. The number of alkyl halides is 1. The van der Waals surface area contributed by atoms with E-state index >= 15 is 0 Å². The van der Waals surface area contributed by atoms with Crippen LogP contribution < -0.4 is 0 Å². The summed E-state index contributed by atoms with van der Waals surface area (Å²) >= 11 is 5.18. The van der Waals surface area contributed by atoms with Gasteiger partial charge in [-0.25, -0.2) is 0 Å². The first kappa shape index (κ1) is 15.4. The molecule has 1 saturated heterocycles. The second-order valence-corrected chi connectivity index (χ2v) is 8.18. The fourth-order valence-corrected chi connectivity index (χ4v) is 4.68. The quantitative estimate of drug-likeness (QED) is 0.750. The van der Waals surface area contributed by atoms with Crippen molar-refractivity contribution >= 4 is 33.6 Å². The maximum Gasteiger partial charge on any atom is 0.236 e. The van der Waals surface area contributed by atoms with Gasteiger partial charge in [0.1, 0.15) is 0 Å². The summed E-state index contributed by atoms with van der Waals surface area (Å²) in [5.74, 6) is 0.249.